The van der Waals surface area contributed by atoms with E-state index in [0.29, 0.717) is 42.1 Å². The second kappa shape index (κ2) is 10.3. The van der Waals surface area contributed by atoms with Gasteiger partial charge in [0.1, 0.15) is 17.9 Å². The molecule has 10 heteroatoms. The third-order valence-electron chi connectivity index (χ3n) is 4.74. The zero-order valence-electron chi connectivity index (χ0n) is 16.8. The smallest absolute Gasteiger partial charge is 0.243 e. The van der Waals surface area contributed by atoms with E-state index >= 15 is 0 Å². The lowest BCUT2D eigenvalue weighted by Gasteiger charge is -2.07. The Hall–Kier alpha value is -2.28. The normalized spacial score (nSPS) is 10.9. The van der Waals surface area contributed by atoms with Crippen molar-refractivity contribution in [2.24, 2.45) is 0 Å². The van der Waals surface area contributed by atoms with E-state index in [4.69, 9.17) is 58.0 Å². The van der Waals surface area contributed by atoms with Gasteiger partial charge < -0.3 is 5.32 Å². The Morgan fingerprint density at radius 2 is 1.36 bits per heavy atom. The van der Waals surface area contributed by atoms with E-state index in [9.17, 15) is 4.79 Å². The van der Waals surface area contributed by atoms with E-state index in [1.165, 1.54) is 4.80 Å². The molecular weight excluding hydrogens is 526 g/mol. The lowest BCUT2D eigenvalue weighted by Crippen LogP contribution is -2.28. The maximum Gasteiger partial charge on any atom is 0.243 e. The van der Waals surface area contributed by atoms with Crippen molar-refractivity contribution >= 4 is 63.9 Å². The Morgan fingerprint density at radius 3 is 2.03 bits per heavy atom. The summed E-state index contributed by atoms with van der Waals surface area (Å²) in [7, 11) is 0. The van der Waals surface area contributed by atoms with Crippen molar-refractivity contribution in [2.45, 2.75) is 13.1 Å². The molecule has 5 nitrogen and oxygen atoms in total. The van der Waals surface area contributed by atoms with Gasteiger partial charge in [-0.25, -0.2) is 0 Å². The van der Waals surface area contributed by atoms with Crippen molar-refractivity contribution in [3.63, 3.8) is 0 Å². The summed E-state index contributed by atoms with van der Waals surface area (Å²) in [5, 5.41) is 14.4. The average Bonchev–Trinajstić information content (AvgIpc) is 3.17. The van der Waals surface area contributed by atoms with E-state index in [0.717, 1.165) is 11.1 Å². The van der Waals surface area contributed by atoms with Gasteiger partial charge in [0.05, 0.1) is 5.02 Å². The lowest BCUT2D eigenvalue weighted by molar-refractivity contribution is -0.122. The molecule has 0 fully saturated rings. The summed E-state index contributed by atoms with van der Waals surface area (Å²) >= 11 is 30.6. The minimum absolute atomic E-state index is 0.100. The third-order valence-corrected chi connectivity index (χ3v) is 6.12. The average molecular weight is 541 g/mol. The molecule has 1 amide bonds. The monoisotopic (exact) mass is 538 g/mol. The van der Waals surface area contributed by atoms with E-state index < -0.39 is 0 Å². The van der Waals surface area contributed by atoms with Gasteiger partial charge in [-0.3, -0.25) is 4.79 Å². The molecular formula is C23H15Cl5N4O. The molecule has 4 rings (SSSR count). The molecule has 168 valence electrons. The zero-order chi connectivity index (χ0) is 23.5. The fourth-order valence-corrected chi connectivity index (χ4v) is 4.23. The SMILES string of the molecule is O=C(Cn1nc(-c2ccc(Cl)cc2)c(-c2ccc(Cl)cc2Cl)n1)NCc1ccc(Cl)cc1Cl. The second-order valence-electron chi connectivity index (χ2n) is 7.07. The highest BCUT2D eigenvalue weighted by molar-refractivity contribution is 6.36. The number of nitrogens with one attached hydrogen (secondary N) is 1. The van der Waals surface area contributed by atoms with Gasteiger partial charge in [0.2, 0.25) is 5.91 Å². The molecule has 0 aliphatic rings. The molecule has 0 aliphatic heterocycles. The first-order chi connectivity index (χ1) is 15.8. The fourth-order valence-electron chi connectivity index (χ4n) is 3.13. The fraction of sp³-hybridized carbons (Fsp3) is 0.0870. The van der Waals surface area contributed by atoms with Crippen molar-refractivity contribution in [2.75, 3.05) is 0 Å². The van der Waals surface area contributed by atoms with Crippen LogP contribution in [-0.2, 0) is 17.9 Å². The highest BCUT2D eigenvalue weighted by Crippen LogP contribution is 2.35. The highest BCUT2D eigenvalue weighted by atomic mass is 35.5. The Bertz CT molecular complexity index is 1320. The number of halogens is 5. The van der Waals surface area contributed by atoms with Gasteiger partial charge in [-0.05, 0) is 48.0 Å². The van der Waals surface area contributed by atoms with Gasteiger partial charge in [-0.1, -0.05) is 76.2 Å². The number of carbonyl (C=O) groups is 1. The Balaban J connectivity index is 1.60. The van der Waals surface area contributed by atoms with Gasteiger partial charge in [0, 0.05) is 37.8 Å². The first kappa shape index (κ1) is 23.9. The minimum Gasteiger partial charge on any atom is -0.350 e. The van der Waals surface area contributed by atoms with Crippen molar-refractivity contribution in [1.29, 1.82) is 0 Å². The van der Waals surface area contributed by atoms with Crippen LogP contribution in [0.3, 0.4) is 0 Å². The van der Waals surface area contributed by atoms with Crippen LogP contribution in [0.2, 0.25) is 25.1 Å². The number of carbonyl (C=O) groups excluding carboxylic acids is 1. The maximum atomic E-state index is 12.6. The van der Waals surface area contributed by atoms with Crippen LogP contribution in [0, 0.1) is 0 Å². The molecule has 3 aromatic carbocycles. The summed E-state index contributed by atoms with van der Waals surface area (Å²) < 4.78 is 0. The molecule has 0 bridgehead atoms. The van der Waals surface area contributed by atoms with Crippen LogP contribution in [0.1, 0.15) is 5.56 Å². The van der Waals surface area contributed by atoms with Gasteiger partial charge >= 0.3 is 0 Å². The quantitative estimate of drug-likeness (QED) is 0.281. The summed E-state index contributed by atoms with van der Waals surface area (Å²) in [6.45, 7) is 0.146. The number of aromatic nitrogens is 3. The van der Waals surface area contributed by atoms with E-state index in [-0.39, 0.29) is 19.0 Å². The van der Waals surface area contributed by atoms with Crippen LogP contribution in [0.5, 0.6) is 0 Å². The first-order valence-electron chi connectivity index (χ1n) is 9.67. The van der Waals surface area contributed by atoms with E-state index in [1.54, 1.807) is 48.5 Å². The number of amides is 1. The summed E-state index contributed by atoms with van der Waals surface area (Å²) in [4.78, 5) is 13.9. The molecule has 0 saturated heterocycles. The van der Waals surface area contributed by atoms with Crippen LogP contribution in [0.25, 0.3) is 22.5 Å². The predicted octanol–water partition coefficient (Wildman–Crippen LogP) is 7.20. The molecule has 0 unspecified atom stereocenters. The van der Waals surface area contributed by atoms with Crippen molar-refractivity contribution in [1.82, 2.24) is 20.3 Å². The molecule has 0 saturated carbocycles. The first-order valence-corrected chi connectivity index (χ1v) is 11.6. The predicted molar refractivity (Wildman–Crippen MR) is 134 cm³/mol. The van der Waals surface area contributed by atoms with Gasteiger partial charge in [0.15, 0.2) is 0 Å². The lowest BCUT2D eigenvalue weighted by atomic mass is 10.1. The number of nitrogens with zero attached hydrogens (tertiary/aromatic N) is 3. The van der Waals surface area contributed by atoms with E-state index in [1.807, 2.05) is 12.1 Å². The van der Waals surface area contributed by atoms with Crippen molar-refractivity contribution in [3.8, 4) is 22.5 Å². The molecule has 1 heterocycles. The zero-order valence-corrected chi connectivity index (χ0v) is 20.6. The molecule has 1 N–H and O–H groups in total. The summed E-state index contributed by atoms with van der Waals surface area (Å²) in [5.74, 6) is -0.285. The molecule has 0 spiro atoms. The van der Waals surface area contributed by atoms with Gasteiger partial charge in [-0.2, -0.15) is 15.0 Å². The molecule has 4 aromatic rings. The number of hydrogen-bond donors (Lipinski definition) is 1. The summed E-state index contributed by atoms with van der Waals surface area (Å²) in [5.41, 5.74) is 3.25. The van der Waals surface area contributed by atoms with Crippen LogP contribution in [0.4, 0.5) is 0 Å². The molecule has 0 atom stereocenters. The van der Waals surface area contributed by atoms with Crippen LogP contribution in [0.15, 0.2) is 60.7 Å². The van der Waals surface area contributed by atoms with Crippen LogP contribution < -0.4 is 5.32 Å². The number of benzene rings is 3. The number of hydrogen-bond acceptors (Lipinski definition) is 3. The number of rotatable bonds is 6. The third kappa shape index (κ3) is 5.81. The summed E-state index contributed by atoms with van der Waals surface area (Å²) in [6.07, 6.45) is 0. The van der Waals surface area contributed by atoms with E-state index in [2.05, 4.69) is 15.5 Å². The molecule has 33 heavy (non-hydrogen) atoms. The summed E-state index contributed by atoms with van der Waals surface area (Å²) in [6, 6.07) is 17.4. The van der Waals surface area contributed by atoms with Crippen LogP contribution in [-0.4, -0.2) is 20.9 Å². The molecule has 0 radical (unpaired) electrons. The largest absolute Gasteiger partial charge is 0.350 e. The molecule has 0 aliphatic carbocycles. The minimum atomic E-state index is -0.285. The van der Waals surface area contributed by atoms with Gasteiger partial charge in [0.25, 0.3) is 0 Å². The standard InChI is InChI=1S/C23H15Cl5N4O/c24-15-4-1-13(2-5-15)22-23(18-8-7-17(26)10-20(18)28)31-32(30-22)12-21(33)29-11-14-3-6-16(25)9-19(14)27/h1-10H,11-12H2,(H,29,33). The Labute approximate surface area is 215 Å². The molecule has 1 aromatic heterocycles. The highest BCUT2D eigenvalue weighted by Gasteiger charge is 2.19. The van der Waals surface area contributed by atoms with Gasteiger partial charge in [-0.15, -0.1) is 0 Å². The van der Waals surface area contributed by atoms with Crippen LogP contribution >= 0.6 is 58.0 Å². The Kier molecular flexibility index (Phi) is 7.47. The maximum absolute atomic E-state index is 12.6. The van der Waals surface area contributed by atoms with Crippen molar-refractivity contribution < 1.29 is 4.79 Å². The second-order valence-corrected chi connectivity index (χ2v) is 9.19. The topological polar surface area (TPSA) is 59.8 Å². The van der Waals surface area contributed by atoms with Crippen molar-refractivity contribution in [3.05, 3.63) is 91.3 Å². The Morgan fingerprint density at radius 1 is 0.758 bits per heavy atom.